The number of hydrogen-bond acceptors (Lipinski definition) is 2. The highest BCUT2D eigenvalue weighted by atomic mass is 35.5. The summed E-state index contributed by atoms with van der Waals surface area (Å²) in [5.74, 6) is 0.815. The molecule has 3 nitrogen and oxygen atoms in total. The van der Waals surface area contributed by atoms with Crippen molar-refractivity contribution < 1.29 is 0 Å². The van der Waals surface area contributed by atoms with E-state index < -0.39 is 0 Å². The van der Waals surface area contributed by atoms with Gasteiger partial charge in [-0.25, -0.2) is 0 Å². The fraction of sp³-hybridized carbons (Fsp3) is 0.824. The number of aryl methyl sites for hydroxylation is 2. The van der Waals surface area contributed by atoms with E-state index in [1.807, 2.05) is 4.68 Å². The van der Waals surface area contributed by atoms with Crippen molar-refractivity contribution in [3.05, 3.63) is 16.4 Å². The highest BCUT2D eigenvalue weighted by Gasteiger charge is 2.20. The maximum absolute atomic E-state index is 6.48. The van der Waals surface area contributed by atoms with Gasteiger partial charge in [-0.3, -0.25) is 4.68 Å². The number of aromatic nitrogens is 2. The Kier molecular flexibility index (Phi) is 6.56. The highest BCUT2D eigenvalue weighted by Crippen LogP contribution is 2.26. The van der Waals surface area contributed by atoms with Crippen LogP contribution in [0.2, 0.25) is 5.02 Å². The van der Waals surface area contributed by atoms with E-state index in [9.17, 15) is 0 Å². The smallest absolute Gasteiger partial charge is 0.0863 e. The quantitative estimate of drug-likeness (QED) is 0.780. The van der Waals surface area contributed by atoms with Gasteiger partial charge in [-0.05, 0) is 39.0 Å². The van der Waals surface area contributed by atoms with Crippen LogP contribution in [0.5, 0.6) is 0 Å². The second-order valence-electron chi connectivity index (χ2n) is 6.30. The van der Waals surface area contributed by atoms with Gasteiger partial charge >= 0.3 is 0 Å². The SMILES string of the molecule is CCc1nn(CC)c(CN[C@@H](C)C2CCCCCC2)c1Cl. The van der Waals surface area contributed by atoms with E-state index in [0.29, 0.717) is 6.04 Å². The van der Waals surface area contributed by atoms with Crippen LogP contribution in [-0.4, -0.2) is 15.8 Å². The van der Waals surface area contributed by atoms with Crippen molar-refractivity contribution in [3.8, 4) is 0 Å². The van der Waals surface area contributed by atoms with Gasteiger partial charge in [0, 0.05) is 19.1 Å². The molecular weight excluding hydrogens is 282 g/mol. The predicted molar refractivity (Wildman–Crippen MR) is 89.8 cm³/mol. The highest BCUT2D eigenvalue weighted by molar-refractivity contribution is 6.31. The van der Waals surface area contributed by atoms with Gasteiger partial charge in [0.25, 0.3) is 0 Å². The molecule has 1 aromatic rings. The van der Waals surface area contributed by atoms with Gasteiger partial charge in [0.2, 0.25) is 0 Å². The lowest BCUT2D eigenvalue weighted by molar-refractivity contribution is 0.333. The summed E-state index contributed by atoms with van der Waals surface area (Å²) in [5, 5.41) is 9.16. The summed E-state index contributed by atoms with van der Waals surface area (Å²) in [5.41, 5.74) is 2.17. The van der Waals surface area contributed by atoms with Crippen LogP contribution >= 0.6 is 11.6 Å². The Balaban J connectivity index is 1.96. The number of nitrogens with zero attached hydrogens (tertiary/aromatic N) is 2. The van der Waals surface area contributed by atoms with E-state index >= 15 is 0 Å². The zero-order valence-electron chi connectivity index (χ0n) is 13.8. The number of rotatable bonds is 6. The molecule has 1 heterocycles. The van der Waals surface area contributed by atoms with Gasteiger partial charge in [0.1, 0.15) is 0 Å². The fourth-order valence-electron chi connectivity index (χ4n) is 3.42. The van der Waals surface area contributed by atoms with Gasteiger partial charge < -0.3 is 5.32 Å². The molecule has 2 rings (SSSR count). The molecule has 1 fully saturated rings. The molecule has 0 spiro atoms. The van der Waals surface area contributed by atoms with Crippen LogP contribution in [-0.2, 0) is 19.5 Å². The van der Waals surface area contributed by atoms with Gasteiger partial charge in [0.15, 0.2) is 0 Å². The second kappa shape index (κ2) is 8.19. The lowest BCUT2D eigenvalue weighted by atomic mass is 9.93. The summed E-state index contributed by atoms with van der Waals surface area (Å²) >= 11 is 6.48. The van der Waals surface area contributed by atoms with Crippen LogP contribution in [0, 0.1) is 5.92 Å². The third-order valence-corrected chi connectivity index (χ3v) is 5.33. The standard InChI is InChI=1S/C17H30ClN3/c1-4-15-17(18)16(21(5-2)20-15)12-19-13(3)14-10-8-6-7-9-11-14/h13-14,19H,4-12H2,1-3H3/t13-/m0/s1. The molecule has 1 aromatic heterocycles. The summed E-state index contributed by atoms with van der Waals surface area (Å²) in [6.07, 6.45) is 9.25. The van der Waals surface area contributed by atoms with E-state index in [1.165, 1.54) is 38.5 Å². The lowest BCUT2D eigenvalue weighted by Gasteiger charge is -2.24. The van der Waals surface area contributed by atoms with Crippen LogP contribution in [0.15, 0.2) is 0 Å². The van der Waals surface area contributed by atoms with E-state index in [-0.39, 0.29) is 0 Å². The summed E-state index contributed by atoms with van der Waals surface area (Å²) in [4.78, 5) is 0. The maximum atomic E-state index is 6.48. The molecule has 4 heteroatoms. The Hall–Kier alpha value is -0.540. The van der Waals surface area contributed by atoms with Crippen LogP contribution in [0.1, 0.15) is 70.7 Å². The molecule has 0 unspecified atom stereocenters. The minimum Gasteiger partial charge on any atom is -0.308 e. The molecule has 0 amide bonds. The molecule has 120 valence electrons. The van der Waals surface area contributed by atoms with Gasteiger partial charge in [0.05, 0.1) is 16.4 Å². The van der Waals surface area contributed by atoms with Crippen molar-refractivity contribution in [2.75, 3.05) is 0 Å². The lowest BCUT2D eigenvalue weighted by Crippen LogP contribution is -2.33. The van der Waals surface area contributed by atoms with Crippen molar-refractivity contribution in [3.63, 3.8) is 0 Å². The van der Waals surface area contributed by atoms with Crippen molar-refractivity contribution in [1.29, 1.82) is 0 Å². The van der Waals surface area contributed by atoms with Crippen LogP contribution in [0.4, 0.5) is 0 Å². The van der Waals surface area contributed by atoms with Crippen molar-refractivity contribution >= 4 is 11.6 Å². The maximum Gasteiger partial charge on any atom is 0.0863 e. The van der Waals surface area contributed by atoms with E-state index in [2.05, 4.69) is 31.2 Å². The Labute approximate surface area is 134 Å². The summed E-state index contributed by atoms with van der Waals surface area (Å²) in [6.45, 7) is 8.28. The topological polar surface area (TPSA) is 29.9 Å². The first-order chi connectivity index (χ1) is 10.2. The van der Waals surface area contributed by atoms with Gasteiger partial charge in [-0.15, -0.1) is 0 Å². The van der Waals surface area contributed by atoms with Crippen molar-refractivity contribution in [2.45, 2.75) is 84.8 Å². The fourth-order valence-corrected chi connectivity index (χ4v) is 3.76. The summed E-state index contributed by atoms with van der Waals surface area (Å²) in [6, 6.07) is 0.560. The van der Waals surface area contributed by atoms with Crippen LogP contribution in [0.25, 0.3) is 0 Å². The Morgan fingerprint density at radius 1 is 1.24 bits per heavy atom. The second-order valence-corrected chi connectivity index (χ2v) is 6.68. The third kappa shape index (κ3) is 4.23. The minimum atomic E-state index is 0.560. The third-order valence-electron chi connectivity index (χ3n) is 4.89. The first-order valence-corrected chi connectivity index (χ1v) is 9.02. The Morgan fingerprint density at radius 2 is 1.90 bits per heavy atom. The first-order valence-electron chi connectivity index (χ1n) is 8.64. The molecule has 1 aliphatic carbocycles. The zero-order chi connectivity index (χ0) is 15.2. The normalized spacial score (nSPS) is 18.7. The minimum absolute atomic E-state index is 0.560. The molecule has 1 aliphatic rings. The van der Waals surface area contributed by atoms with Crippen molar-refractivity contribution in [2.24, 2.45) is 5.92 Å². The predicted octanol–water partition coefficient (Wildman–Crippen LogP) is 4.57. The molecule has 0 radical (unpaired) electrons. The van der Waals surface area contributed by atoms with Crippen LogP contribution < -0.4 is 5.32 Å². The average molecular weight is 312 g/mol. The number of halogens is 1. The van der Waals surface area contributed by atoms with Gasteiger partial charge in [-0.2, -0.15) is 5.10 Å². The molecule has 0 aliphatic heterocycles. The summed E-state index contributed by atoms with van der Waals surface area (Å²) < 4.78 is 2.05. The van der Waals surface area contributed by atoms with Crippen LogP contribution in [0.3, 0.4) is 0 Å². The average Bonchev–Trinajstić information content (AvgIpc) is 2.69. The zero-order valence-corrected chi connectivity index (χ0v) is 14.5. The molecule has 0 saturated heterocycles. The first kappa shape index (κ1) is 16.8. The molecule has 1 atom stereocenters. The molecule has 21 heavy (non-hydrogen) atoms. The number of hydrogen-bond donors (Lipinski definition) is 1. The molecule has 0 aromatic carbocycles. The van der Waals surface area contributed by atoms with Crippen molar-refractivity contribution in [1.82, 2.24) is 15.1 Å². The van der Waals surface area contributed by atoms with E-state index in [0.717, 1.165) is 41.8 Å². The Bertz CT molecular complexity index is 433. The molecule has 0 bridgehead atoms. The largest absolute Gasteiger partial charge is 0.308 e. The monoisotopic (exact) mass is 311 g/mol. The molecule has 1 N–H and O–H groups in total. The Morgan fingerprint density at radius 3 is 2.48 bits per heavy atom. The van der Waals surface area contributed by atoms with Gasteiger partial charge in [-0.1, -0.05) is 44.2 Å². The number of nitrogens with one attached hydrogen (secondary N) is 1. The van der Waals surface area contributed by atoms with E-state index in [1.54, 1.807) is 0 Å². The summed E-state index contributed by atoms with van der Waals surface area (Å²) in [7, 11) is 0. The van der Waals surface area contributed by atoms with E-state index in [4.69, 9.17) is 11.6 Å². The molecule has 1 saturated carbocycles. The molecular formula is C17H30ClN3.